The third-order valence-electron chi connectivity index (χ3n) is 4.36. The number of benzene rings is 1. The average molecular weight is 274 g/mol. The lowest BCUT2D eigenvalue weighted by Crippen LogP contribution is -2.26. The summed E-state index contributed by atoms with van der Waals surface area (Å²) in [4.78, 5) is 2.57. The van der Waals surface area contributed by atoms with Crippen LogP contribution in [0.15, 0.2) is 24.3 Å². The van der Waals surface area contributed by atoms with Gasteiger partial charge in [0.05, 0.1) is 0 Å². The van der Waals surface area contributed by atoms with Gasteiger partial charge in [0.25, 0.3) is 0 Å². The summed E-state index contributed by atoms with van der Waals surface area (Å²) >= 11 is 0. The summed E-state index contributed by atoms with van der Waals surface area (Å²) < 4.78 is 0. The predicted molar refractivity (Wildman–Crippen MR) is 88.5 cm³/mol. The first kappa shape index (κ1) is 15.4. The van der Waals surface area contributed by atoms with Crippen LogP contribution in [-0.4, -0.2) is 30.6 Å². The van der Waals surface area contributed by atoms with Crippen molar-refractivity contribution in [2.75, 3.05) is 25.0 Å². The lowest BCUT2D eigenvalue weighted by Gasteiger charge is -2.26. The summed E-state index contributed by atoms with van der Waals surface area (Å²) in [6, 6.07) is 9.42. The highest BCUT2D eigenvalue weighted by atomic mass is 15.1. The Balaban J connectivity index is 2.07. The summed E-state index contributed by atoms with van der Waals surface area (Å²) in [6.07, 6.45) is 3.85. The van der Waals surface area contributed by atoms with Crippen molar-refractivity contribution in [2.45, 2.75) is 58.4 Å². The van der Waals surface area contributed by atoms with Crippen LogP contribution in [0.4, 0.5) is 5.69 Å². The van der Waals surface area contributed by atoms with Gasteiger partial charge in [-0.25, -0.2) is 0 Å². The number of hydrogen-bond donors (Lipinski definition) is 1. The van der Waals surface area contributed by atoms with E-state index in [0.29, 0.717) is 6.04 Å². The molecule has 0 saturated carbocycles. The third kappa shape index (κ3) is 3.99. The summed E-state index contributed by atoms with van der Waals surface area (Å²) in [5, 5.41) is 3.81. The number of nitrogens with zero attached hydrogens (tertiary/aromatic N) is 1. The second-order valence-electron chi connectivity index (χ2n) is 7.00. The number of hydrogen-bond acceptors (Lipinski definition) is 2. The Labute approximate surface area is 124 Å². The van der Waals surface area contributed by atoms with Gasteiger partial charge in [-0.05, 0) is 49.4 Å². The first-order chi connectivity index (χ1) is 9.50. The van der Waals surface area contributed by atoms with Crippen LogP contribution in [0.3, 0.4) is 0 Å². The van der Waals surface area contributed by atoms with E-state index >= 15 is 0 Å². The summed E-state index contributed by atoms with van der Waals surface area (Å²) in [5.74, 6) is 0. The van der Waals surface area contributed by atoms with Crippen LogP contribution in [0.1, 0.15) is 52.5 Å². The number of para-hydroxylation sites is 1. The molecule has 1 aromatic carbocycles. The summed E-state index contributed by atoms with van der Waals surface area (Å²) in [6.45, 7) is 12.8. The van der Waals surface area contributed by atoms with Crippen LogP contribution in [0.2, 0.25) is 0 Å². The SMILES string of the molecule is CCN1CCCC(Nc2ccccc2C(C)(C)C)CC1. The van der Waals surface area contributed by atoms with Crippen molar-refractivity contribution in [3.8, 4) is 0 Å². The van der Waals surface area contributed by atoms with E-state index in [-0.39, 0.29) is 5.41 Å². The van der Waals surface area contributed by atoms with Gasteiger partial charge >= 0.3 is 0 Å². The molecule has 112 valence electrons. The van der Waals surface area contributed by atoms with Crippen LogP contribution < -0.4 is 5.32 Å². The highest BCUT2D eigenvalue weighted by Gasteiger charge is 2.20. The van der Waals surface area contributed by atoms with Crippen LogP contribution >= 0.6 is 0 Å². The monoisotopic (exact) mass is 274 g/mol. The molecule has 1 aliphatic heterocycles. The van der Waals surface area contributed by atoms with Gasteiger partial charge in [-0.15, -0.1) is 0 Å². The third-order valence-corrected chi connectivity index (χ3v) is 4.36. The second kappa shape index (κ2) is 6.62. The second-order valence-corrected chi connectivity index (χ2v) is 7.00. The minimum atomic E-state index is 0.198. The van der Waals surface area contributed by atoms with Crippen molar-refractivity contribution < 1.29 is 0 Å². The van der Waals surface area contributed by atoms with Crippen LogP contribution in [0, 0.1) is 0 Å². The summed E-state index contributed by atoms with van der Waals surface area (Å²) in [7, 11) is 0. The molecule has 1 fully saturated rings. The molecule has 2 heteroatoms. The lowest BCUT2D eigenvalue weighted by molar-refractivity contribution is 0.300. The molecular formula is C18H30N2. The van der Waals surface area contributed by atoms with Crippen molar-refractivity contribution in [3.63, 3.8) is 0 Å². The molecule has 0 radical (unpaired) electrons. The normalized spacial score (nSPS) is 21.5. The molecule has 1 heterocycles. The lowest BCUT2D eigenvalue weighted by atomic mass is 9.85. The largest absolute Gasteiger partial charge is 0.382 e. The van der Waals surface area contributed by atoms with Crippen LogP contribution in [0.5, 0.6) is 0 Å². The van der Waals surface area contributed by atoms with Crippen LogP contribution in [-0.2, 0) is 5.41 Å². The molecule has 1 aliphatic rings. The maximum absolute atomic E-state index is 3.81. The molecule has 2 rings (SSSR count). The minimum absolute atomic E-state index is 0.198. The maximum atomic E-state index is 3.81. The van der Waals surface area contributed by atoms with Gasteiger partial charge in [-0.2, -0.15) is 0 Å². The molecule has 0 aliphatic carbocycles. The van der Waals surface area contributed by atoms with Crippen LogP contribution in [0.25, 0.3) is 0 Å². The number of rotatable bonds is 3. The van der Waals surface area contributed by atoms with Gasteiger partial charge in [0.15, 0.2) is 0 Å². The Morgan fingerprint density at radius 2 is 1.90 bits per heavy atom. The molecule has 1 saturated heterocycles. The zero-order valence-electron chi connectivity index (χ0n) is 13.6. The molecule has 1 atom stereocenters. The van der Waals surface area contributed by atoms with Gasteiger partial charge in [0, 0.05) is 18.3 Å². The predicted octanol–water partition coefficient (Wildman–Crippen LogP) is 4.27. The molecule has 20 heavy (non-hydrogen) atoms. The highest BCUT2D eigenvalue weighted by molar-refractivity contribution is 5.54. The van der Waals surface area contributed by atoms with E-state index in [9.17, 15) is 0 Å². The van der Waals surface area contributed by atoms with E-state index in [1.54, 1.807) is 0 Å². The van der Waals surface area contributed by atoms with Crippen molar-refractivity contribution in [3.05, 3.63) is 29.8 Å². The Hall–Kier alpha value is -1.02. The van der Waals surface area contributed by atoms with Gasteiger partial charge in [-0.1, -0.05) is 45.9 Å². The van der Waals surface area contributed by atoms with Crippen molar-refractivity contribution in [1.29, 1.82) is 0 Å². The van der Waals surface area contributed by atoms with Crippen molar-refractivity contribution in [1.82, 2.24) is 4.90 Å². The van der Waals surface area contributed by atoms with E-state index < -0.39 is 0 Å². The quantitative estimate of drug-likeness (QED) is 0.885. The van der Waals surface area contributed by atoms with Gasteiger partial charge in [0.2, 0.25) is 0 Å². The fraction of sp³-hybridized carbons (Fsp3) is 0.667. The first-order valence-corrected chi connectivity index (χ1v) is 8.09. The fourth-order valence-corrected chi connectivity index (χ4v) is 3.10. The van der Waals surface area contributed by atoms with Gasteiger partial charge < -0.3 is 10.2 Å². The van der Waals surface area contributed by atoms with E-state index in [0.717, 1.165) is 0 Å². The Morgan fingerprint density at radius 3 is 2.60 bits per heavy atom. The van der Waals surface area contributed by atoms with Gasteiger partial charge in [-0.3, -0.25) is 0 Å². The van der Waals surface area contributed by atoms with E-state index in [2.05, 4.69) is 62.2 Å². The molecule has 0 spiro atoms. The molecule has 2 nitrogen and oxygen atoms in total. The Bertz CT molecular complexity index is 420. The molecular weight excluding hydrogens is 244 g/mol. The molecule has 1 aromatic rings. The van der Waals surface area contributed by atoms with Crippen molar-refractivity contribution >= 4 is 5.69 Å². The number of likely N-dealkylation sites (tertiary alicyclic amines) is 1. The minimum Gasteiger partial charge on any atom is -0.382 e. The average Bonchev–Trinajstić information content (AvgIpc) is 2.63. The Morgan fingerprint density at radius 1 is 1.15 bits per heavy atom. The highest BCUT2D eigenvalue weighted by Crippen LogP contribution is 2.30. The zero-order valence-corrected chi connectivity index (χ0v) is 13.6. The molecule has 0 amide bonds. The van der Waals surface area contributed by atoms with E-state index in [1.807, 2.05) is 0 Å². The molecule has 0 aromatic heterocycles. The molecule has 1 unspecified atom stereocenters. The number of anilines is 1. The van der Waals surface area contributed by atoms with Gasteiger partial charge in [0.1, 0.15) is 0 Å². The van der Waals surface area contributed by atoms with Crippen molar-refractivity contribution in [2.24, 2.45) is 0 Å². The number of nitrogens with one attached hydrogen (secondary N) is 1. The van der Waals surface area contributed by atoms with E-state index in [1.165, 1.54) is 50.1 Å². The zero-order chi connectivity index (χ0) is 14.6. The first-order valence-electron chi connectivity index (χ1n) is 8.09. The summed E-state index contributed by atoms with van der Waals surface area (Å²) in [5.41, 5.74) is 2.95. The smallest absolute Gasteiger partial charge is 0.0380 e. The Kier molecular flexibility index (Phi) is 5.09. The van der Waals surface area contributed by atoms with E-state index in [4.69, 9.17) is 0 Å². The topological polar surface area (TPSA) is 15.3 Å². The molecule has 0 bridgehead atoms. The molecule has 1 N–H and O–H groups in total. The fourth-order valence-electron chi connectivity index (χ4n) is 3.10. The maximum Gasteiger partial charge on any atom is 0.0380 e. The standard InChI is InChI=1S/C18H30N2/c1-5-20-13-8-9-15(12-14-20)19-17-11-7-6-10-16(17)18(2,3)4/h6-7,10-11,15,19H,5,8-9,12-14H2,1-4H3.